The Bertz CT molecular complexity index is 2000. The molecule has 5 aromatic carbocycles. The van der Waals surface area contributed by atoms with Crippen LogP contribution in [-0.2, 0) is 14.4 Å². The molecule has 8 heteroatoms. The minimum Gasteiger partial charge on any atom is -0.273 e. The average Bonchev–Trinajstić information content (AvgIpc) is 3.52. The molecule has 0 N–H and O–H groups in total. The Labute approximate surface area is 258 Å². The van der Waals surface area contributed by atoms with E-state index in [1.807, 2.05) is 97.1 Å². The van der Waals surface area contributed by atoms with E-state index in [2.05, 4.69) is 12.1 Å². The Morgan fingerprint density at radius 2 is 1.11 bits per heavy atom. The number of amides is 2. The molecule has 2 amide bonds. The monoisotopic (exact) mass is 591 g/mol. The molecule has 10 rings (SSSR count). The van der Waals surface area contributed by atoms with Gasteiger partial charge in [0.15, 0.2) is 0 Å². The maximum atomic E-state index is 15.6. The Morgan fingerprint density at radius 1 is 0.600 bits per heavy atom. The molecule has 0 aromatic heterocycles. The summed E-state index contributed by atoms with van der Waals surface area (Å²) < 4.78 is 0. The molecule has 0 radical (unpaired) electrons. The van der Waals surface area contributed by atoms with Gasteiger partial charge in [0.2, 0.25) is 11.5 Å². The molecule has 3 atom stereocenters. The maximum absolute atomic E-state index is 15.6. The minimum absolute atomic E-state index is 0.125. The number of para-hydroxylation sites is 1. The number of non-ortho nitro benzene ring substituents is 1. The Morgan fingerprint density at radius 3 is 1.67 bits per heavy atom. The van der Waals surface area contributed by atoms with Crippen LogP contribution in [0.2, 0.25) is 0 Å². The Kier molecular flexibility index (Phi) is 5.15. The number of rotatable bonds is 4. The van der Waals surface area contributed by atoms with E-state index in [9.17, 15) is 10.1 Å². The molecule has 3 unspecified atom stereocenters. The average molecular weight is 592 g/mol. The summed E-state index contributed by atoms with van der Waals surface area (Å²) in [6, 6.07) is 40.4. The second kappa shape index (κ2) is 8.97. The molecule has 3 aliphatic carbocycles. The van der Waals surface area contributed by atoms with Crippen molar-refractivity contribution in [2.75, 3.05) is 9.96 Å². The first-order valence-electron chi connectivity index (χ1n) is 14.9. The summed E-state index contributed by atoms with van der Waals surface area (Å²) in [5.74, 6) is -1.96. The third-order valence-corrected chi connectivity index (χ3v) is 10.1. The topological polar surface area (TPSA) is 93.0 Å². The zero-order valence-corrected chi connectivity index (χ0v) is 23.8. The molecule has 2 fully saturated rings. The summed E-state index contributed by atoms with van der Waals surface area (Å²) in [4.78, 5) is 50.3. The SMILES string of the molecule is O=C1N(c2ccc([N+](=O)[O-])cc2)C(=O)C23C4c5ccccc5C(c5ccccc54)C12ON(c1ccccc1)C3c1ccccc1. The molecule has 2 bridgehead atoms. The Hall–Kier alpha value is -5.60. The van der Waals surface area contributed by atoms with Crippen molar-refractivity contribution in [3.05, 3.63) is 171 Å². The van der Waals surface area contributed by atoms with Crippen LogP contribution < -0.4 is 9.96 Å². The number of nitrogens with zero attached hydrogens (tertiary/aromatic N) is 3. The van der Waals surface area contributed by atoms with E-state index in [1.165, 1.54) is 29.2 Å². The van der Waals surface area contributed by atoms with Gasteiger partial charge in [-0.05, 0) is 52.1 Å². The standard InChI is InChI=1S/C37H25N3O5/c41-34-36-31-27-15-7-9-17-29(27)32(30-18-10-8-16-28(30)31)37(36,35(42)38(34)24-19-21-26(22-20-24)40(43)44)45-39(25-13-5-2-6-14-25)33(36)23-11-3-1-4-12-23/h1-22,31-33H. The second-order valence-corrected chi connectivity index (χ2v) is 12.0. The van der Waals surface area contributed by atoms with Gasteiger partial charge in [-0.25, -0.2) is 9.96 Å². The molecule has 2 aliphatic heterocycles. The van der Waals surface area contributed by atoms with Crippen molar-refractivity contribution in [3.63, 3.8) is 0 Å². The second-order valence-electron chi connectivity index (χ2n) is 12.0. The molecule has 0 spiro atoms. The van der Waals surface area contributed by atoms with Gasteiger partial charge in [0, 0.05) is 18.1 Å². The van der Waals surface area contributed by atoms with Gasteiger partial charge in [-0.2, -0.15) is 0 Å². The smallest absolute Gasteiger partial charge is 0.271 e. The van der Waals surface area contributed by atoms with Crippen molar-refractivity contribution in [2.45, 2.75) is 23.5 Å². The van der Waals surface area contributed by atoms with Gasteiger partial charge in [0.1, 0.15) is 11.5 Å². The third-order valence-electron chi connectivity index (χ3n) is 10.1. The van der Waals surface area contributed by atoms with Crippen molar-refractivity contribution >= 4 is 28.9 Å². The van der Waals surface area contributed by atoms with Gasteiger partial charge < -0.3 is 0 Å². The molecule has 45 heavy (non-hydrogen) atoms. The number of hydrogen-bond acceptors (Lipinski definition) is 6. The molecule has 0 saturated carbocycles. The lowest BCUT2D eigenvalue weighted by atomic mass is 9.43. The number of nitro groups is 1. The molecule has 5 aliphatic rings. The van der Waals surface area contributed by atoms with E-state index in [1.54, 1.807) is 5.06 Å². The first kappa shape index (κ1) is 25.9. The lowest BCUT2D eigenvalue weighted by molar-refractivity contribution is -0.384. The van der Waals surface area contributed by atoms with Gasteiger partial charge in [-0.3, -0.25) is 24.5 Å². The quantitative estimate of drug-likeness (QED) is 0.132. The summed E-state index contributed by atoms with van der Waals surface area (Å²) in [5.41, 5.74) is 2.60. The molecule has 5 aromatic rings. The summed E-state index contributed by atoms with van der Waals surface area (Å²) >= 11 is 0. The first-order valence-corrected chi connectivity index (χ1v) is 14.9. The summed E-state index contributed by atoms with van der Waals surface area (Å²) in [5, 5.41) is 13.3. The largest absolute Gasteiger partial charge is 0.273 e. The fourth-order valence-electron chi connectivity index (χ4n) is 8.62. The maximum Gasteiger partial charge on any atom is 0.271 e. The highest BCUT2D eigenvalue weighted by Crippen LogP contribution is 2.77. The molecule has 2 heterocycles. The molecule has 218 valence electrons. The molecule has 8 nitrogen and oxygen atoms in total. The normalized spacial score (nSPS) is 27.2. The predicted molar refractivity (Wildman–Crippen MR) is 167 cm³/mol. The van der Waals surface area contributed by atoms with Crippen LogP contribution in [0.3, 0.4) is 0 Å². The van der Waals surface area contributed by atoms with Gasteiger partial charge in [0.25, 0.3) is 11.6 Å². The fourth-order valence-corrected chi connectivity index (χ4v) is 8.62. The van der Waals surface area contributed by atoms with Crippen LogP contribution in [0, 0.1) is 15.5 Å². The number of imide groups is 1. The summed E-state index contributed by atoms with van der Waals surface area (Å²) in [6.45, 7) is 0. The van der Waals surface area contributed by atoms with E-state index in [0.717, 1.165) is 33.5 Å². The Balaban J connectivity index is 1.40. The van der Waals surface area contributed by atoms with Gasteiger partial charge >= 0.3 is 0 Å². The number of carbonyl (C=O) groups excluding carboxylic acids is 2. The zero-order chi connectivity index (χ0) is 30.5. The predicted octanol–water partition coefficient (Wildman–Crippen LogP) is 6.68. The highest BCUT2D eigenvalue weighted by atomic mass is 16.7. The minimum atomic E-state index is -1.64. The lowest BCUT2D eigenvalue weighted by Gasteiger charge is -2.55. The van der Waals surface area contributed by atoms with Crippen molar-refractivity contribution < 1.29 is 19.3 Å². The van der Waals surface area contributed by atoms with E-state index < -0.39 is 39.7 Å². The zero-order valence-electron chi connectivity index (χ0n) is 23.8. The van der Waals surface area contributed by atoms with Gasteiger partial charge in [-0.1, -0.05) is 97.1 Å². The van der Waals surface area contributed by atoms with Crippen molar-refractivity contribution in [1.29, 1.82) is 0 Å². The lowest BCUT2D eigenvalue weighted by Crippen LogP contribution is -2.63. The number of anilines is 2. The number of nitro benzene ring substituents is 1. The highest BCUT2D eigenvalue weighted by Gasteiger charge is 2.87. The number of benzene rings is 5. The molecular formula is C37H25N3O5. The summed E-state index contributed by atoms with van der Waals surface area (Å²) in [6.07, 6.45) is 0. The molecular weight excluding hydrogens is 566 g/mol. The number of hydrogen-bond donors (Lipinski definition) is 0. The van der Waals surface area contributed by atoms with Crippen molar-refractivity contribution in [2.24, 2.45) is 5.41 Å². The fraction of sp³-hybridized carbons (Fsp3) is 0.135. The van der Waals surface area contributed by atoms with Crippen molar-refractivity contribution in [1.82, 2.24) is 0 Å². The van der Waals surface area contributed by atoms with Crippen LogP contribution >= 0.6 is 0 Å². The van der Waals surface area contributed by atoms with E-state index in [0.29, 0.717) is 0 Å². The van der Waals surface area contributed by atoms with E-state index in [-0.39, 0.29) is 17.3 Å². The van der Waals surface area contributed by atoms with Crippen LogP contribution in [0.15, 0.2) is 133 Å². The number of carbonyl (C=O) groups is 2. The van der Waals surface area contributed by atoms with Gasteiger partial charge in [-0.15, -0.1) is 0 Å². The van der Waals surface area contributed by atoms with Crippen LogP contribution in [-0.4, -0.2) is 22.3 Å². The molecule has 2 saturated heterocycles. The van der Waals surface area contributed by atoms with Crippen LogP contribution in [0.1, 0.15) is 45.7 Å². The number of hydroxylamine groups is 1. The van der Waals surface area contributed by atoms with Crippen LogP contribution in [0.5, 0.6) is 0 Å². The summed E-state index contributed by atoms with van der Waals surface area (Å²) in [7, 11) is 0. The first-order chi connectivity index (χ1) is 22.0. The van der Waals surface area contributed by atoms with Crippen molar-refractivity contribution in [3.8, 4) is 0 Å². The van der Waals surface area contributed by atoms with Crippen LogP contribution in [0.4, 0.5) is 17.1 Å². The highest BCUT2D eigenvalue weighted by molar-refractivity contribution is 6.29. The van der Waals surface area contributed by atoms with Crippen LogP contribution in [0.25, 0.3) is 0 Å². The van der Waals surface area contributed by atoms with Gasteiger partial charge in [0.05, 0.1) is 22.2 Å². The van der Waals surface area contributed by atoms with E-state index >= 15 is 9.59 Å². The third kappa shape index (κ3) is 2.99. The van der Waals surface area contributed by atoms with E-state index in [4.69, 9.17) is 4.84 Å².